The number of rotatable bonds is 5. The van der Waals surface area contributed by atoms with Crippen LogP contribution in [0.4, 0.5) is 0 Å². The zero-order valence-corrected chi connectivity index (χ0v) is 13.6. The number of nitrogens with zero attached hydrogens (tertiary/aromatic N) is 2. The molecule has 0 saturated heterocycles. The molecule has 2 aromatic heterocycles. The molecule has 0 fully saturated rings. The van der Waals surface area contributed by atoms with Gasteiger partial charge in [0.25, 0.3) is 0 Å². The van der Waals surface area contributed by atoms with Gasteiger partial charge in [0, 0.05) is 17.1 Å². The van der Waals surface area contributed by atoms with E-state index >= 15 is 0 Å². The van der Waals surface area contributed by atoms with Crippen LogP contribution in [0.1, 0.15) is 16.1 Å². The first-order valence-electron chi connectivity index (χ1n) is 7.53. The highest BCUT2D eigenvalue weighted by atomic mass is 32.1. The third-order valence-corrected chi connectivity index (χ3v) is 4.54. The molecule has 0 aliphatic heterocycles. The van der Waals surface area contributed by atoms with Crippen molar-refractivity contribution >= 4 is 22.6 Å². The highest BCUT2D eigenvalue weighted by Gasteiger charge is 2.14. The van der Waals surface area contributed by atoms with Crippen molar-refractivity contribution in [3.63, 3.8) is 0 Å². The number of fused-ring (bicyclic) bond motifs is 1. The van der Waals surface area contributed by atoms with Gasteiger partial charge in [0.2, 0.25) is 0 Å². The Balaban J connectivity index is 1.56. The number of hydrogen-bond donors (Lipinski definition) is 0. The van der Waals surface area contributed by atoms with Crippen LogP contribution in [0.3, 0.4) is 0 Å². The van der Waals surface area contributed by atoms with Gasteiger partial charge in [0.1, 0.15) is 23.7 Å². The number of aldehydes is 1. The molecular weight excluding hydrogens is 320 g/mol. The Labute approximate surface area is 143 Å². The van der Waals surface area contributed by atoms with E-state index in [2.05, 4.69) is 4.98 Å². The summed E-state index contributed by atoms with van der Waals surface area (Å²) in [5, 5.41) is 1.92. The van der Waals surface area contributed by atoms with E-state index in [-0.39, 0.29) is 0 Å². The molecule has 5 heteroatoms. The molecular formula is C19H14N2O2S. The Morgan fingerprint density at radius 2 is 1.88 bits per heavy atom. The summed E-state index contributed by atoms with van der Waals surface area (Å²) in [6.45, 7) is 0.528. The standard InChI is InChI=1S/C19H14N2O2S/c22-12-17-18(20-19-21(17)10-11-24-19)15-6-8-16(9-7-15)23-13-14-4-2-1-3-5-14/h1-12H,13H2. The molecule has 4 rings (SSSR count). The van der Waals surface area contributed by atoms with E-state index in [1.807, 2.05) is 70.6 Å². The fourth-order valence-corrected chi connectivity index (χ4v) is 3.30. The van der Waals surface area contributed by atoms with Crippen LogP contribution in [-0.4, -0.2) is 15.7 Å². The predicted molar refractivity (Wildman–Crippen MR) is 94.7 cm³/mol. The van der Waals surface area contributed by atoms with E-state index in [1.165, 1.54) is 11.3 Å². The summed E-state index contributed by atoms with van der Waals surface area (Å²) in [7, 11) is 0. The van der Waals surface area contributed by atoms with Crippen molar-refractivity contribution in [2.75, 3.05) is 0 Å². The maximum absolute atomic E-state index is 11.4. The average molecular weight is 334 g/mol. The number of imidazole rings is 1. The first-order valence-corrected chi connectivity index (χ1v) is 8.41. The third kappa shape index (κ3) is 2.70. The van der Waals surface area contributed by atoms with Crippen molar-refractivity contribution < 1.29 is 9.53 Å². The highest BCUT2D eigenvalue weighted by molar-refractivity contribution is 7.15. The van der Waals surface area contributed by atoms with E-state index in [1.54, 1.807) is 0 Å². The van der Waals surface area contributed by atoms with Crippen LogP contribution in [0.5, 0.6) is 5.75 Å². The molecule has 0 atom stereocenters. The number of carbonyl (C=O) groups excluding carboxylic acids is 1. The smallest absolute Gasteiger partial charge is 0.194 e. The van der Waals surface area contributed by atoms with Crippen molar-refractivity contribution in [1.29, 1.82) is 0 Å². The Bertz CT molecular complexity index is 972. The number of aromatic nitrogens is 2. The molecule has 0 aliphatic rings. The zero-order chi connectivity index (χ0) is 16.4. The van der Waals surface area contributed by atoms with Gasteiger partial charge in [-0.05, 0) is 29.8 Å². The summed E-state index contributed by atoms with van der Waals surface area (Å²) < 4.78 is 7.60. The van der Waals surface area contributed by atoms with E-state index in [0.29, 0.717) is 18.0 Å². The molecule has 0 saturated carbocycles. The normalized spacial score (nSPS) is 10.8. The Kier molecular flexibility index (Phi) is 3.84. The maximum atomic E-state index is 11.4. The van der Waals surface area contributed by atoms with Crippen molar-refractivity contribution in [3.8, 4) is 17.0 Å². The lowest BCUT2D eigenvalue weighted by molar-refractivity contribution is 0.111. The van der Waals surface area contributed by atoms with Crippen LogP contribution in [-0.2, 0) is 6.61 Å². The van der Waals surface area contributed by atoms with Crippen molar-refractivity contribution in [3.05, 3.63) is 77.4 Å². The van der Waals surface area contributed by atoms with E-state index in [9.17, 15) is 4.79 Å². The summed E-state index contributed by atoms with van der Waals surface area (Å²) >= 11 is 1.51. The second-order valence-electron chi connectivity index (χ2n) is 5.32. The molecule has 2 aromatic carbocycles. The molecule has 0 bridgehead atoms. The quantitative estimate of drug-likeness (QED) is 0.506. The van der Waals surface area contributed by atoms with Crippen LogP contribution >= 0.6 is 11.3 Å². The predicted octanol–water partition coefficient (Wildman–Crippen LogP) is 4.45. The van der Waals surface area contributed by atoms with Gasteiger partial charge < -0.3 is 4.74 Å². The summed E-state index contributed by atoms with van der Waals surface area (Å²) in [4.78, 5) is 16.8. The summed E-state index contributed by atoms with van der Waals surface area (Å²) in [6.07, 6.45) is 2.71. The zero-order valence-electron chi connectivity index (χ0n) is 12.8. The Hall–Kier alpha value is -2.92. The van der Waals surface area contributed by atoms with Crippen molar-refractivity contribution in [2.24, 2.45) is 0 Å². The second kappa shape index (κ2) is 6.29. The largest absolute Gasteiger partial charge is 0.489 e. The Morgan fingerprint density at radius 3 is 2.62 bits per heavy atom. The monoisotopic (exact) mass is 334 g/mol. The molecule has 0 unspecified atom stereocenters. The molecule has 0 amide bonds. The fourth-order valence-electron chi connectivity index (χ4n) is 2.58. The van der Waals surface area contributed by atoms with Gasteiger partial charge in [0.05, 0.1) is 0 Å². The lowest BCUT2D eigenvalue weighted by Crippen LogP contribution is -1.95. The first kappa shape index (κ1) is 14.7. The molecule has 0 N–H and O–H groups in total. The first-order chi connectivity index (χ1) is 11.8. The van der Waals surface area contributed by atoms with Gasteiger partial charge in [-0.2, -0.15) is 0 Å². The second-order valence-corrected chi connectivity index (χ2v) is 6.19. The van der Waals surface area contributed by atoms with Crippen LogP contribution < -0.4 is 4.74 Å². The van der Waals surface area contributed by atoms with Crippen molar-refractivity contribution in [1.82, 2.24) is 9.38 Å². The number of benzene rings is 2. The molecule has 0 spiro atoms. The Morgan fingerprint density at radius 1 is 1.08 bits per heavy atom. The minimum Gasteiger partial charge on any atom is -0.489 e. The molecule has 0 radical (unpaired) electrons. The number of ether oxygens (including phenoxy) is 1. The lowest BCUT2D eigenvalue weighted by Gasteiger charge is -2.07. The molecule has 24 heavy (non-hydrogen) atoms. The third-order valence-electron chi connectivity index (χ3n) is 3.79. The minimum absolute atomic E-state index is 0.528. The highest BCUT2D eigenvalue weighted by Crippen LogP contribution is 2.27. The van der Waals surface area contributed by atoms with Gasteiger partial charge in [-0.15, -0.1) is 11.3 Å². The van der Waals surface area contributed by atoms with Crippen LogP contribution in [0.15, 0.2) is 66.2 Å². The SMILES string of the molecule is O=Cc1c(-c2ccc(OCc3ccccc3)cc2)nc2sccn12. The van der Waals surface area contributed by atoms with Crippen molar-refractivity contribution in [2.45, 2.75) is 6.61 Å². The molecule has 4 nitrogen and oxygen atoms in total. The van der Waals surface area contributed by atoms with Gasteiger partial charge in [0.15, 0.2) is 11.2 Å². The number of carbonyl (C=O) groups is 1. The topological polar surface area (TPSA) is 43.6 Å². The fraction of sp³-hybridized carbons (Fsp3) is 0.0526. The molecule has 4 aromatic rings. The maximum Gasteiger partial charge on any atom is 0.194 e. The van der Waals surface area contributed by atoms with Gasteiger partial charge in [-0.25, -0.2) is 4.98 Å². The minimum atomic E-state index is 0.528. The average Bonchev–Trinajstić information content (AvgIpc) is 3.22. The summed E-state index contributed by atoms with van der Waals surface area (Å²) in [5.41, 5.74) is 3.30. The van der Waals surface area contributed by atoms with E-state index in [0.717, 1.165) is 28.1 Å². The van der Waals surface area contributed by atoms with Crippen LogP contribution in [0, 0.1) is 0 Å². The van der Waals surface area contributed by atoms with Gasteiger partial charge >= 0.3 is 0 Å². The van der Waals surface area contributed by atoms with Crippen LogP contribution in [0.25, 0.3) is 16.2 Å². The van der Waals surface area contributed by atoms with E-state index < -0.39 is 0 Å². The summed E-state index contributed by atoms with van der Waals surface area (Å²) in [5.74, 6) is 0.788. The van der Waals surface area contributed by atoms with Crippen LogP contribution in [0.2, 0.25) is 0 Å². The van der Waals surface area contributed by atoms with Gasteiger partial charge in [-0.1, -0.05) is 30.3 Å². The lowest BCUT2D eigenvalue weighted by atomic mass is 10.1. The van der Waals surface area contributed by atoms with Gasteiger partial charge in [-0.3, -0.25) is 9.20 Å². The molecule has 118 valence electrons. The molecule has 2 heterocycles. The molecule has 0 aliphatic carbocycles. The van der Waals surface area contributed by atoms with E-state index in [4.69, 9.17) is 4.74 Å². The number of hydrogen-bond acceptors (Lipinski definition) is 4. The number of thiazole rings is 1. The summed E-state index contributed by atoms with van der Waals surface area (Å²) in [6, 6.07) is 17.7.